The number of hydrogen-bond acceptors (Lipinski definition) is 5. The predicted octanol–water partition coefficient (Wildman–Crippen LogP) is 4.20. The average molecular weight is 347 g/mol. The Morgan fingerprint density at radius 2 is 2.04 bits per heavy atom. The highest BCUT2D eigenvalue weighted by atomic mass is 32.1. The van der Waals surface area contributed by atoms with E-state index in [2.05, 4.69) is 4.98 Å². The van der Waals surface area contributed by atoms with E-state index >= 15 is 0 Å². The number of aromatic nitrogens is 1. The maximum Gasteiger partial charge on any atom is 0.410 e. The zero-order chi connectivity index (χ0) is 17.9. The number of benzene rings is 1. The van der Waals surface area contributed by atoms with Crippen molar-refractivity contribution in [2.24, 2.45) is 5.73 Å². The third-order valence-electron chi connectivity index (χ3n) is 3.31. The van der Waals surface area contributed by atoms with Gasteiger partial charge in [0.2, 0.25) is 0 Å². The summed E-state index contributed by atoms with van der Waals surface area (Å²) in [5.74, 6) is 0. The number of amides is 1. The van der Waals surface area contributed by atoms with Gasteiger partial charge in [0.1, 0.15) is 10.6 Å². The molecule has 0 bridgehead atoms. The summed E-state index contributed by atoms with van der Waals surface area (Å²) in [6.45, 7) is 7.97. The van der Waals surface area contributed by atoms with Crippen molar-refractivity contribution in [3.05, 3.63) is 41.0 Å². The lowest BCUT2D eigenvalue weighted by Crippen LogP contribution is -2.33. The topological polar surface area (TPSA) is 68.5 Å². The molecular weight excluding hydrogens is 322 g/mol. The number of nitrogens with zero attached hydrogens (tertiary/aromatic N) is 2. The summed E-state index contributed by atoms with van der Waals surface area (Å²) in [6.07, 6.45) is 1.51. The Morgan fingerprint density at radius 3 is 2.62 bits per heavy atom. The fourth-order valence-corrected chi connectivity index (χ4v) is 3.11. The summed E-state index contributed by atoms with van der Waals surface area (Å²) in [5, 5.41) is 0.903. The van der Waals surface area contributed by atoms with Gasteiger partial charge in [-0.1, -0.05) is 24.3 Å². The Balaban J connectivity index is 2.21. The van der Waals surface area contributed by atoms with E-state index in [0.717, 1.165) is 21.0 Å². The third kappa shape index (κ3) is 4.79. The minimum absolute atomic E-state index is 0.0830. The van der Waals surface area contributed by atoms with Crippen molar-refractivity contribution in [3.63, 3.8) is 0 Å². The van der Waals surface area contributed by atoms with Crippen molar-refractivity contribution < 1.29 is 9.53 Å². The summed E-state index contributed by atoms with van der Waals surface area (Å²) in [6, 6.07) is 7.92. The molecule has 1 atom stereocenters. The van der Waals surface area contributed by atoms with E-state index in [-0.39, 0.29) is 12.1 Å². The molecule has 1 aromatic carbocycles. The van der Waals surface area contributed by atoms with Crippen LogP contribution in [0.3, 0.4) is 0 Å². The van der Waals surface area contributed by atoms with E-state index in [4.69, 9.17) is 10.5 Å². The standard InChI is InChI=1S/C18H25N3O2S/c1-12(19)16-20-10-15(24-16)14-9-7-6-8-13(14)11-21(5)17(22)23-18(2,3)4/h6-10,12H,11,19H2,1-5H3. The van der Waals surface area contributed by atoms with Crippen LogP contribution in [-0.2, 0) is 11.3 Å². The number of rotatable bonds is 4. The molecule has 0 saturated heterocycles. The number of ether oxygens (including phenoxy) is 1. The zero-order valence-electron chi connectivity index (χ0n) is 14.9. The number of thiazole rings is 1. The van der Waals surface area contributed by atoms with Crippen LogP contribution in [0.25, 0.3) is 10.4 Å². The Hall–Kier alpha value is -1.92. The lowest BCUT2D eigenvalue weighted by molar-refractivity contribution is 0.0285. The van der Waals surface area contributed by atoms with Crippen molar-refractivity contribution in [3.8, 4) is 10.4 Å². The van der Waals surface area contributed by atoms with Gasteiger partial charge in [0.05, 0.1) is 10.9 Å². The number of nitrogens with two attached hydrogens (primary N) is 1. The van der Waals surface area contributed by atoms with E-state index in [9.17, 15) is 4.79 Å². The van der Waals surface area contributed by atoms with Crippen molar-refractivity contribution in [1.82, 2.24) is 9.88 Å². The molecule has 0 spiro atoms. The zero-order valence-corrected chi connectivity index (χ0v) is 15.7. The molecule has 0 aliphatic rings. The molecular formula is C18H25N3O2S. The highest BCUT2D eigenvalue weighted by Crippen LogP contribution is 2.31. The molecule has 24 heavy (non-hydrogen) atoms. The molecule has 1 unspecified atom stereocenters. The maximum atomic E-state index is 12.2. The van der Waals surface area contributed by atoms with Crippen LogP contribution in [0.4, 0.5) is 4.79 Å². The fourth-order valence-electron chi connectivity index (χ4n) is 2.18. The molecule has 0 saturated carbocycles. The molecule has 6 heteroatoms. The fraction of sp³-hybridized carbons (Fsp3) is 0.444. The van der Waals surface area contributed by atoms with E-state index in [0.29, 0.717) is 6.54 Å². The highest BCUT2D eigenvalue weighted by Gasteiger charge is 2.20. The van der Waals surface area contributed by atoms with Gasteiger partial charge in [0.15, 0.2) is 0 Å². The van der Waals surface area contributed by atoms with Crippen LogP contribution in [0.1, 0.15) is 44.3 Å². The first-order valence-electron chi connectivity index (χ1n) is 7.91. The molecule has 0 aliphatic carbocycles. The van der Waals surface area contributed by atoms with Crippen molar-refractivity contribution >= 4 is 17.4 Å². The molecule has 2 rings (SSSR count). The predicted molar refractivity (Wildman–Crippen MR) is 97.9 cm³/mol. The van der Waals surface area contributed by atoms with Crippen LogP contribution in [0.2, 0.25) is 0 Å². The van der Waals surface area contributed by atoms with Crippen LogP contribution in [0, 0.1) is 0 Å². The van der Waals surface area contributed by atoms with Gasteiger partial charge in [-0.15, -0.1) is 11.3 Å². The van der Waals surface area contributed by atoms with Crippen LogP contribution in [0.5, 0.6) is 0 Å². The minimum Gasteiger partial charge on any atom is -0.444 e. The molecule has 1 amide bonds. The molecule has 0 fully saturated rings. The van der Waals surface area contributed by atoms with Crippen LogP contribution in [-0.4, -0.2) is 28.6 Å². The highest BCUT2D eigenvalue weighted by molar-refractivity contribution is 7.15. The van der Waals surface area contributed by atoms with Gasteiger partial charge in [-0.2, -0.15) is 0 Å². The second kappa shape index (κ2) is 7.32. The Morgan fingerprint density at radius 1 is 1.38 bits per heavy atom. The molecule has 5 nitrogen and oxygen atoms in total. The Kier molecular flexibility index (Phi) is 5.62. The summed E-state index contributed by atoms with van der Waals surface area (Å²) >= 11 is 1.58. The van der Waals surface area contributed by atoms with Crippen LogP contribution in [0.15, 0.2) is 30.5 Å². The van der Waals surface area contributed by atoms with Gasteiger partial charge >= 0.3 is 6.09 Å². The van der Waals surface area contributed by atoms with E-state index in [1.165, 1.54) is 0 Å². The normalized spacial score (nSPS) is 12.8. The maximum absolute atomic E-state index is 12.2. The lowest BCUT2D eigenvalue weighted by atomic mass is 10.1. The molecule has 2 N–H and O–H groups in total. The van der Waals surface area contributed by atoms with Gasteiger partial charge in [0, 0.05) is 19.8 Å². The second-order valence-corrected chi connectivity index (χ2v) is 7.91. The van der Waals surface area contributed by atoms with Gasteiger partial charge in [-0.3, -0.25) is 0 Å². The molecule has 1 heterocycles. The monoisotopic (exact) mass is 347 g/mol. The largest absolute Gasteiger partial charge is 0.444 e. The van der Waals surface area contributed by atoms with Crippen LogP contribution >= 0.6 is 11.3 Å². The van der Waals surface area contributed by atoms with Crippen LogP contribution < -0.4 is 5.73 Å². The van der Waals surface area contributed by atoms with E-state index < -0.39 is 5.60 Å². The lowest BCUT2D eigenvalue weighted by Gasteiger charge is -2.25. The first-order chi connectivity index (χ1) is 11.2. The van der Waals surface area contributed by atoms with Gasteiger partial charge in [0.25, 0.3) is 0 Å². The molecule has 0 aliphatic heterocycles. The average Bonchev–Trinajstić information content (AvgIpc) is 2.96. The van der Waals surface area contributed by atoms with E-state index in [1.807, 2.05) is 58.2 Å². The SMILES string of the molecule is CC(N)c1ncc(-c2ccccc2CN(C)C(=O)OC(C)(C)C)s1. The summed E-state index contributed by atoms with van der Waals surface area (Å²) < 4.78 is 5.41. The number of carbonyl (C=O) groups is 1. The molecule has 2 aromatic rings. The first kappa shape index (κ1) is 18.4. The van der Waals surface area contributed by atoms with Gasteiger partial charge in [-0.05, 0) is 38.8 Å². The minimum atomic E-state index is -0.505. The van der Waals surface area contributed by atoms with Gasteiger partial charge < -0.3 is 15.4 Å². The smallest absolute Gasteiger partial charge is 0.410 e. The van der Waals surface area contributed by atoms with E-state index in [1.54, 1.807) is 23.3 Å². The third-order valence-corrected chi connectivity index (χ3v) is 4.54. The Labute approximate surface area is 147 Å². The van der Waals surface area contributed by atoms with Crippen molar-refractivity contribution in [2.75, 3.05) is 7.05 Å². The van der Waals surface area contributed by atoms with Gasteiger partial charge in [-0.25, -0.2) is 9.78 Å². The summed E-state index contributed by atoms with van der Waals surface area (Å²) in [7, 11) is 1.74. The molecule has 0 radical (unpaired) electrons. The van der Waals surface area contributed by atoms with Crippen molar-refractivity contribution in [1.29, 1.82) is 0 Å². The second-order valence-electron chi connectivity index (χ2n) is 6.84. The molecule has 130 valence electrons. The quantitative estimate of drug-likeness (QED) is 0.900. The Bertz CT molecular complexity index is 704. The molecule has 1 aromatic heterocycles. The number of hydrogen-bond donors (Lipinski definition) is 1. The number of carbonyl (C=O) groups excluding carboxylic acids is 1. The summed E-state index contributed by atoms with van der Waals surface area (Å²) in [5.41, 5.74) is 7.51. The summed E-state index contributed by atoms with van der Waals surface area (Å²) in [4.78, 5) is 19.2. The first-order valence-corrected chi connectivity index (χ1v) is 8.72. The van der Waals surface area contributed by atoms with Crippen molar-refractivity contribution in [2.45, 2.75) is 45.9 Å².